The Kier molecular flexibility index (Phi) is 2.54. The summed E-state index contributed by atoms with van der Waals surface area (Å²) in [5.41, 5.74) is 0.549. The number of halogens is 1. The molecule has 0 atom stereocenters. The second-order valence-corrected chi connectivity index (χ2v) is 3.60. The Morgan fingerprint density at radius 3 is 2.86 bits per heavy atom. The SMILES string of the molecule is O=C(Cc1ccco1)c1coc(Br)c1. The van der Waals surface area contributed by atoms with Crippen molar-refractivity contribution in [2.24, 2.45) is 0 Å². The molecule has 2 rings (SSSR count). The minimum atomic E-state index is -0.0191. The molecule has 2 aromatic heterocycles. The quantitative estimate of drug-likeness (QED) is 0.791. The van der Waals surface area contributed by atoms with Crippen LogP contribution in [0.5, 0.6) is 0 Å². The van der Waals surface area contributed by atoms with Gasteiger partial charge in [0.05, 0.1) is 18.2 Å². The first kappa shape index (κ1) is 9.27. The van der Waals surface area contributed by atoms with Crippen molar-refractivity contribution in [2.45, 2.75) is 6.42 Å². The third-order valence-corrected chi connectivity index (χ3v) is 2.22. The molecule has 0 saturated carbocycles. The molecule has 0 aliphatic heterocycles. The third-order valence-electron chi connectivity index (χ3n) is 1.80. The number of rotatable bonds is 3. The van der Waals surface area contributed by atoms with E-state index in [0.717, 1.165) is 0 Å². The van der Waals surface area contributed by atoms with Crippen LogP contribution >= 0.6 is 15.9 Å². The van der Waals surface area contributed by atoms with Crippen molar-refractivity contribution in [3.63, 3.8) is 0 Å². The van der Waals surface area contributed by atoms with Crippen LogP contribution in [-0.4, -0.2) is 5.78 Å². The molecular weight excluding hydrogens is 248 g/mol. The maximum atomic E-state index is 11.6. The fraction of sp³-hybridized carbons (Fsp3) is 0.100. The summed E-state index contributed by atoms with van der Waals surface area (Å²) in [5.74, 6) is 0.640. The summed E-state index contributed by atoms with van der Waals surface area (Å²) in [6.45, 7) is 0. The maximum absolute atomic E-state index is 11.6. The van der Waals surface area contributed by atoms with Gasteiger partial charge >= 0.3 is 0 Å². The van der Waals surface area contributed by atoms with Gasteiger partial charge in [0.1, 0.15) is 12.0 Å². The standard InChI is InChI=1S/C10H7BrO3/c11-10-4-7(6-14-10)9(12)5-8-2-1-3-13-8/h1-4,6H,5H2. The number of Topliss-reactive ketones (excluding diaryl/α,β-unsaturated/α-hetero) is 1. The monoisotopic (exact) mass is 254 g/mol. The summed E-state index contributed by atoms with van der Waals surface area (Å²) in [6, 6.07) is 5.17. The first-order valence-corrected chi connectivity index (χ1v) is 4.84. The second kappa shape index (κ2) is 3.84. The molecule has 0 N–H and O–H groups in total. The molecule has 0 radical (unpaired) electrons. The largest absolute Gasteiger partial charge is 0.469 e. The zero-order valence-corrected chi connectivity index (χ0v) is 8.78. The fourth-order valence-electron chi connectivity index (χ4n) is 1.13. The molecule has 3 nitrogen and oxygen atoms in total. The van der Waals surface area contributed by atoms with E-state index in [2.05, 4.69) is 15.9 Å². The summed E-state index contributed by atoms with van der Waals surface area (Å²) in [6.07, 6.45) is 3.24. The van der Waals surface area contributed by atoms with Gasteiger partial charge in [-0.15, -0.1) is 0 Å². The lowest BCUT2D eigenvalue weighted by Gasteiger charge is -1.92. The maximum Gasteiger partial charge on any atom is 0.173 e. The van der Waals surface area contributed by atoms with Crippen molar-refractivity contribution in [2.75, 3.05) is 0 Å². The smallest absolute Gasteiger partial charge is 0.173 e. The summed E-state index contributed by atoms with van der Waals surface area (Å²) in [4.78, 5) is 11.6. The van der Waals surface area contributed by atoms with Gasteiger partial charge in [0.25, 0.3) is 0 Å². The Bertz CT molecular complexity index is 428. The molecule has 4 heteroatoms. The highest BCUT2D eigenvalue weighted by Gasteiger charge is 2.11. The summed E-state index contributed by atoms with van der Waals surface area (Å²) < 4.78 is 10.6. The number of carbonyl (C=O) groups excluding carboxylic acids is 1. The van der Waals surface area contributed by atoms with Gasteiger partial charge in [0, 0.05) is 6.07 Å². The van der Waals surface area contributed by atoms with Crippen LogP contribution in [0.4, 0.5) is 0 Å². The predicted octanol–water partition coefficient (Wildman–Crippen LogP) is 3.06. The van der Waals surface area contributed by atoms with E-state index in [1.165, 1.54) is 6.26 Å². The first-order chi connectivity index (χ1) is 6.75. The van der Waals surface area contributed by atoms with Crippen LogP contribution in [0.25, 0.3) is 0 Å². The van der Waals surface area contributed by atoms with Crippen molar-refractivity contribution < 1.29 is 13.6 Å². The minimum Gasteiger partial charge on any atom is -0.469 e. The molecule has 2 heterocycles. The molecule has 2 aromatic rings. The molecule has 0 spiro atoms. The Morgan fingerprint density at radius 2 is 2.29 bits per heavy atom. The lowest BCUT2D eigenvalue weighted by molar-refractivity contribution is 0.0986. The Labute approximate surface area is 88.8 Å². The fourth-order valence-corrected chi connectivity index (χ4v) is 1.47. The van der Waals surface area contributed by atoms with E-state index in [1.54, 1.807) is 24.5 Å². The van der Waals surface area contributed by atoms with Crippen LogP contribution in [0.3, 0.4) is 0 Å². The predicted molar refractivity (Wildman–Crippen MR) is 53.2 cm³/mol. The molecule has 0 aliphatic carbocycles. The van der Waals surface area contributed by atoms with Gasteiger partial charge < -0.3 is 8.83 Å². The van der Waals surface area contributed by atoms with Crippen molar-refractivity contribution in [1.82, 2.24) is 0 Å². The first-order valence-electron chi connectivity index (χ1n) is 4.05. The van der Waals surface area contributed by atoms with Gasteiger partial charge in [-0.1, -0.05) is 0 Å². The summed E-state index contributed by atoms with van der Waals surface area (Å²) in [5, 5.41) is 0. The molecule has 0 fully saturated rings. The van der Waals surface area contributed by atoms with Gasteiger partial charge in [-0.05, 0) is 28.1 Å². The van der Waals surface area contributed by atoms with E-state index in [0.29, 0.717) is 16.0 Å². The van der Waals surface area contributed by atoms with E-state index in [4.69, 9.17) is 8.83 Å². The van der Waals surface area contributed by atoms with Crippen LogP contribution in [0, 0.1) is 0 Å². The zero-order chi connectivity index (χ0) is 9.97. The highest BCUT2D eigenvalue weighted by Crippen LogP contribution is 2.16. The minimum absolute atomic E-state index is 0.0191. The van der Waals surface area contributed by atoms with Crippen LogP contribution in [0.2, 0.25) is 0 Å². The second-order valence-electron chi connectivity index (χ2n) is 2.82. The van der Waals surface area contributed by atoms with E-state index in [-0.39, 0.29) is 12.2 Å². The summed E-state index contributed by atoms with van der Waals surface area (Å²) in [7, 11) is 0. The van der Waals surface area contributed by atoms with Gasteiger partial charge in [0.15, 0.2) is 10.5 Å². The molecular formula is C10H7BrO3. The van der Waals surface area contributed by atoms with E-state index in [1.807, 2.05) is 0 Å². The number of ketones is 1. The average molecular weight is 255 g/mol. The van der Waals surface area contributed by atoms with Gasteiger partial charge in [-0.2, -0.15) is 0 Å². The van der Waals surface area contributed by atoms with Crippen molar-refractivity contribution in [1.29, 1.82) is 0 Å². The molecule has 72 valence electrons. The van der Waals surface area contributed by atoms with Crippen LogP contribution in [0.15, 0.2) is 44.2 Å². The number of hydrogen-bond acceptors (Lipinski definition) is 3. The van der Waals surface area contributed by atoms with Crippen molar-refractivity contribution in [3.8, 4) is 0 Å². The van der Waals surface area contributed by atoms with E-state index in [9.17, 15) is 4.79 Å². The molecule has 0 aliphatic rings. The Hall–Kier alpha value is -1.29. The molecule has 14 heavy (non-hydrogen) atoms. The molecule has 0 aromatic carbocycles. The Balaban J connectivity index is 2.10. The average Bonchev–Trinajstić information content (AvgIpc) is 2.75. The normalized spacial score (nSPS) is 10.4. The number of hydrogen-bond donors (Lipinski definition) is 0. The Morgan fingerprint density at radius 1 is 1.43 bits per heavy atom. The summed E-state index contributed by atoms with van der Waals surface area (Å²) >= 11 is 3.14. The van der Waals surface area contributed by atoms with E-state index >= 15 is 0 Å². The molecule has 0 amide bonds. The topological polar surface area (TPSA) is 43.4 Å². The number of furan rings is 2. The highest BCUT2D eigenvalue weighted by molar-refractivity contribution is 9.10. The highest BCUT2D eigenvalue weighted by atomic mass is 79.9. The van der Waals surface area contributed by atoms with E-state index < -0.39 is 0 Å². The lowest BCUT2D eigenvalue weighted by Crippen LogP contribution is -2.00. The molecule has 0 unspecified atom stereocenters. The molecule has 0 bridgehead atoms. The van der Waals surface area contributed by atoms with Gasteiger partial charge in [0.2, 0.25) is 0 Å². The van der Waals surface area contributed by atoms with Gasteiger partial charge in [-0.3, -0.25) is 4.79 Å². The third kappa shape index (κ3) is 1.96. The van der Waals surface area contributed by atoms with Crippen LogP contribution in [-0.2, 0) is 6.42 Å². The van der Waals surface area contributed by atoms with Gasteiger partial charge in [-0.25, -0.2) is 0 Å². The van der Waals surface area contributed by atoms with Crippen LogP contribution in [0.1, 0.15) is 16.1 Å². The number of carbonyl (C=O) groups is 1. The molecule has 0 saturated heterocycles. The lowest BCUT2D eigenvalue weighted by atomic mass is 10.1. The van der Waals surface area contributed by atoms with Crippen molar-refractivity contribution in [3.05, 3.63) is 46.7 Å². The van der Waals surface area contributed by atoms with Crippen molar-refractivity contribution >= 4 is 21.7 Å². The zero-order valence-electron chi connectivity index (χ0n) is 7.20. The van der Waals surface area contributed by atoms with Crippen LogP contribution < -0.4 is 0 Å².